The van der Waals surface area contributed by atoms with Crippen LogP contribution in [0.25, 0.3) is 11.2 Å². The highest BCUT2D eigenvalue weighted by Gasteiger charge is 2.13. The summed E-state index contributed by atoms with van der Waals surface area (Å²) in [5.41, 5.74) is 2.74. The van der Waals surface area contributed by atoms with Gasteiger partial charge >= 0.3 is 0 Å². The van der Waals surface area contributed by atoms with Crippen LogP contribution in [0.3, 0.4) is 0 Å². The van der Waals surface area contributed by atoms with Crippen molar-refractivity contribution in [3.8, 4) is 0 Å². The molecule has 3 aromatic rings. The summed E-state index contributed by atoms with van der Waals surface area (Å²) in [4.78, 5) is 13.2. The Balaban J connectivity index is 2.10. The van der Waals surface area contributed by atoms with Gasteiger partial charge in [-0.25, -0.2) is 15.0 Å². The van der Waals surface area contributed by atoms with E-state index in [-0.39, 0.29) is 0 Å². The highest BCUT2D eigenvalue weighted by molar-refractivity contribution is 6.16. The number of imidazole rings is 1. The molecule has 0 radical (unpaired) electrons. The SMILES string of the molecule is Cc1cnc2c(c1)nc(CCl)n2Cc1ncn(C)n1. The Kier molecular flexibility index (Phi) is 2.94. The van der Waals surface area contributed by atoms with Crippen LogP contribution in [0.1, 0.15) is 17.2 Å². The van der Waals surface area contributed by atoms with Crippen molar-refractivity contribution in [2.45, 2.75) is 19.3 Å². The second-order valence-corrected chi connectivity index (χ2v) is 4.70. The number of nitrogens with zero attached hydrogens (tertiary/aromatic N) is 6. The predicted molar refractivity (Wildman–Crippen MR) is 71.9 cm³/mol. The molecule has 0 aliphatic rings. The average Bonchev–Trinajstić information content (AvgIpc) is 2.94. The molecule has 98 valence electrons. The third-order valence-corrected chi connectivity index (χ3v) is 3.11. The van der Waals surface area contributed by atoms with Crippen molar-refractivity contribution in [1.82, 2.24) is 29.3 Å². The van der Waals surface area contributed by atoms with Gasteiger partial charge in [0.1, 0.15) is 17.7 Å². The Hall–Kier alpha value is -1.95. The zero-order valence-corrected chi connectivity index (χ0v) is 11.5. The smallest absolute Gasteiger partial charge is 0.170 e. The summed E-state index contributed by atoms with van der Waals surface area (Å²) >= 11 is 5.96. The van der Waals surface area contributed by atoms with E-state index in [1.54, 1.807) is 11.0 Å². The van der Waals surface area contributed by atoms with E-state index in [1.807, 2.05) is 30.8 Å². The van der Waals surface area contributed by atoms with Crippen LogP contribution < -0.4 is 0 Å². The van der Waals surface area contributed by atoms with E-state index >= 15 is 0 Å². The van der Waals surface area contributed by atoms with Gasteiger partial charge in [0.05, 0.1) is 12.4 Å². The number of rotatable bonds is 3. The van der Waals surface area contributed by atoms with E-state index in [1.165, 1.54) is 0 Å². The molecule has 19 heavy (non-hydrogen) atoms. The maximum absolute atomic E-state index is 5.96. The second-order valence-electron chi connectivity index (χ2n) is 4.44. The summed E-state index contributed by atoms with van der Waals surface area (Å²) in [6.45, 7) is 2.52. The van der Waals surface area contributed by atoms with Gasteiger partial charge in [-0.05, 0) is 18.6 Å². The van der Waals surface area contributed by atoms with Crippen molar-refractivity contribution in [1.29, 1.82) is 0 Å². The van der Waals surface area contributed by atoms with Crippen molar-refractivity contribution in [2.24, 2.45) is 7.05 Å². The molecular formula is C12H13ClN6. The highest BCUT2D eigenvalue weighted by Crippen LogP contribution is 2.17. The van der Waals surface area contributed by atoms with Gasteiger partial charge in [-0.1, -0.05) is 0 Å². The molecule has 0 N–H and O–H groups in total. The molecule has 3 rings (SSSR count). The number of alkyl halides is 1. The van der Waals surface area contributed by atoms with Gasteiger partial charge in [0.2, 0.25) is 0 Å². The fourth-order valence-corrected chi connectivity index (χ4v) is 2.23. The van der Waals surface area contributed by atoms with Crippen LogP contribution in [0.4, 0.5) is 0 Å². The molecule has 7 heteroatoms. The van der Waals surface area contributed by atoms with Crippen LogP contribution in [-0.2, 0) is 19.5 Å². The molecule has 0 aliphatic carbocycles. The summed E-state index contributed by atoms with van der Waals surface area (Å²) in [6.07, 6.45) is 3.50. The van der Waals surface area contributed by atoms with Gasteiger partial charge in [0.25, 0.3) is 0 Å². The molecule has 0 amide bonds. The summed E-state index contributed by atoms with van der Waals surface area (Å²) < 4.78 is 3.63. The minimum atomic E-state index is 0.336. The van der Waals surface area contributed by atoms with Crippen LogP contribution in [-0.4, -0.2) is 29.3 Å². The van der Waals surface area contributed by atoms with E-state index in [4.69, 9.17) is 11.6 Å². The number of hydrogen-bond acceptors (Lipinski definition) is 4. The van der Waals surface area contributed by atoms with Crippen LogP contribution in [0.2, 0.25) is 0 Å². The summed E-state index contributed by atoms with van der Waals surface area (Å²) in [6, 6.07) is 2.00. The normalized spacial score (nSPS) is 11.3. The Labute approximate surface area is 115 Å². The van der Waals surface area contributed by atoms with Gasteiger partial charge in [-0.15, -0.1) is 11.6 Å². The molecule has 0 fully saturated rings. The first-order valence-corrected chi connectivity index (χ1v) is 6.43. The number of halogens is 1. The minimum Gasteiger partial charge on any atom is -0.304 e. The van der Waals surface area contributed by atoms with Crippen molar-refractivity contribution in [3.05, 3.63) is 35.8 Å². The minimum absolute atomic E-state index is 0.336. The van der Waals surface area contributed by atoms with Crippen LogP contribution in [0, 0.1) is 6.92 Å². The quantitative estimate of drug-likeness (QED) is 0.683. The molecule has 0 aromatic carbocycles. The Bertz CT molecular complexity index is 729. The lowest BCUT2D eigenvalue weighted by Gasteiger charge is -2.03. The largest absolute Gasteiger partial charge is 0.304 e. The first-order chi connectivity index (χ1) is 9.17. The number of hydrogen-bond donors (Lipinski definition) is 0. The average molecular weight is 277 g/mol. The van der Waals surface area contributed by atoms with Gasteiger partial charge < -0.3 is 4.57 Å². The Morgan fingerprint density at radius 1 is 1.32 bits per heavy atom. The van der Waals surface area contributed by atoms with Gasteiger partial charge in [-0.3, -0.25) is 4.68 Å². The van der Waals surface area contributed by atoms with E-state index in [9.17, 15) is 0 Å². The van der Waals surface area contributed by atoms with Crippen molar-refractivity contribution >= 4 is 22.8 Å². The fraction of sp³-hybridized carbons (Fsp3) is 0.333. The molecule has 0 atom stereocenters. The van der Waals surface area contributed by atoms with Gasteiger partial charge in [-0.2, -0.15) is 5.10 Å². The standard InChI is InChI=1S/C12H13ClN6/c1-8-3-9-12(14-5-8)19(11(4-13)16-9)6-10-15-7-18(2)17-10/h3,5,7H,4,6H2,1-2H3. The zero-order chi connectivity index (χ0) is 13.4. The second kappa shape index (κ2) is 4.62. The Morgan fingerprint density at radius 2 is 2.16 bits per heavy atom. The first kappa shape index (κ1) is 12.1. The summed E-state index contributed by atoms with van der Waals surface area (Å²) in [5.74, 6) is 1.83. The third kappa shape index (κ3) is 2.19. The van der Waals surface area contributed by atoms with E-state index in [2.05, 4.69) is 20.1 Å². The van der Waals surface area contributed by atoms with E-state index in [0.29, 0.717) is 12.4 Å². The van der Waals surface area contributed by atoms with Crippen molar-refractivity contribution in [3.63, 3.8) is 0 Å². The monoisotopic (exact) mass is 276 g/mol. The zero-order valence-electron chi connectivity index (χ0n) is 10.7. The molecule has 0 bridgehead atoms. The molecule has 0 saturated carbocycles. The maximum atomic E-state index is 5.96. The number of pyridine rings is 1. The summed E-state index contributed by atoms with van der Waals surface area (Å²) in [7, 11) is 1.84. The van der Waals surface area contributed by atoms with E-state index in [0.717, 1.165) is 28.4 Å². The molecule has 0 saturated heterocycles. The molecule has 6 nitrogen and oxygen atoms in total. The highest BCUT2D eigenvalue weighted by atomic mass is 35.5. The van der Waals surface area contributed by atoms with Crippen LogP contribution in [0.15, 0.2) is 18.6 Å². The lowest BCUT2D eigenvalue weighted by Crippen LogP contribution is -2.06. The van der Waals surface area contributed by atoms with Crippen molar-refractivity contribution in [2.75, 3.05) is 0 Å². The molecule has 3 heterocycles. The fourth-order valence-electron chi connectivity index (χ4n) is 2.02. The lowest BCUT2D eigenvalue weighted by molar-refractivity contribution is 0.694. The topological polar surface area (TPSA) is 61.4 Å². The van der Waals surface area contributed by atoms with Crippen molar-refractivity contribution < 1.29 is 0 Å². The molecule has 0 spiro atoms. The number of fused-ring (bicyclic) bond motifs is 1. The summed E-state index contributed by atoms with van der Waals surface area (Å²) in [5, 5.41) is 4.27. The predicted octanol–water partition coefficient (Wildman–Crippen LogP) is 1.66. The molecule has 0 unspecified atom stereocenters. The Morgan fingerprint density at radius 3 is 2.84 bits per heavy atom. The van der Waals surface area contributed by atoms with Gasteiger partial charge in [0.15, 0.2) is 11.5 Å². The van der Waals surface area contributed by atoms with Gasteiger partial charge in [0, 0.05) is 13.2 Å². The molecule has 0 aliphatic heterocycles. The van der Waals surface area contributed by atoms with Crippen LogP contribution >= 0.6 is 11.6 Å². The molecular weight excluding hydrogens is 264 g/mol. The maximum Gasteiger partial charge on any atom is 0.170 e. The third-order valence-electron chi connectivity index (χ3n) is 2.87. The number of aryl methyl sites for hydroxylation is 2. The van der Waals surface area contributed by atoms with E-state index < -0.39 is 0 Å². The number of aromatic nitrogens is 6. The lowest BCUT2D eigenvalue weighted by atomic mass is 10.3. The van der Waals surface area contributed by atoms with Crippen LogP contribution in [0.5, 0.6) is 0 Å². The first-order valence-electron chi connectivity index (χ1n) is 5.89. The molecule has 3 aromatic heterocycles.